The summed E-state index contributed by atoms with van der Waals surface area (Å²) in [6.45, 7) is 3.30. The van der Waals surface area contributed by atoms with Gasteiger partial charge in [-0.2, -0.15) is 19.6 Å². The third-order valence-corrected chi connectivity index (χ3v) is 6.42. The number of halogens is 2. The highest BCUT2D eigenvalue weighted by molar-refractivity contribution is 5.59. The number of benzene rings is 1. The molecule has 0 fully saturated rings. The van der Waals surface area contributed by atoms with Gasteiger partial charge in [-0.15, -0.1) is 0 Å². The molecule has 3 N–H and O–H groups in total. The van der Waals surface area contributed by atoms with E-state index in [0.717, 1.165) is 18.0 Å². The van der Waals surface area contributed by atoms with Crippen molar-refractivity contribution in [1.82, 2.24) is 35.0 Å². The molecule has 0 radical (unpaired) electrons. The van der Waals surface area contributed by atoms with Crippen molar-refractivity contribution in [2.45, 2.75) is 38.2 Å². The number of hydrogen-bond donors (Lipinski definition) is 3. The van der Waals surface area contributed by atoms with E-state index in [1.54, 1.807) is 10.9 Å². The lowest BCUT2D eigenvalue weighted by molar-refractivity contribution is -0.768. The molecule has 11 nitrogen and oxygen atoms in total. The van der Waals surface area contributed by atoms with E-state index < -0.39 is 23.3 Å². The molecule has 13 heteroatoms. The maximum atomic E-state index is 14.9. The fourth-order valence-electron chi connectivity index (χ4n) is 4.48. The predicted molar refractivity (Wildman–Crippen MR) is 115 cm³/mol. The summed E-state index contributed by atoms with van der Waals surface area (Å²) in [5.74, 6) is 0.151. The molecule has 0 spiro atoms. The van der Waals surface area contributed by atoms with Crippen LogP contribution < -0.4 is 14.1 Å². The Labute approximate surface area is 199 Å². The molecule has 4 heterocycles. The van der Waals surface area contributed by atoms with Crippen LogP contribution in [0.15, 0.2) is 43.4 Å². The van der Waals surface area contributed by atoms with Crippen molar-refractivity contribution in [3.63, 3.8) is 0 Å². The number of ether oxygens (including phenoxy) is 1. The molecule has 2 atom stereocenters. The van der Waals surface area contributed by atoms with Crippen LogP contribution in [0, 0.1) is 11.6 Å². The maximum absolute atomic E-state index is 14.9. The molecule has 35 heavy (non-hydrogen) atoms. The van der Waals surface area contributed by atoms with Crippen LogP contribution in [-0.2, 0) is 25.2 Å². The Morgan fingerprint density at radius 3 is 2.91 bits per heavy atom. The van der Waals surface area contributed by atoms with Gasteiger partial charge >= 0.3 is 12.2 Å². The molecule has 1 aliphatic heterocycles. The summed E-state index contributed by atoms with van der Waals surface area (Å²) in [6, 6.07) is 2.65. The second kappa shape index (κ2) is 9.07. The minimum atomic E-state index is -1.70. The van der Waals surface area contributed by atoms with Gasteiger partial charge in [0.25, 0.3) is 5.82 Å². The lowest BCUT2D eigenvalue weighted by Crippen LogP contribution is -2.61. The minimum absolute atomic E-state index is 0.000775. The smallest absolute Gasteiger partial charge is 0.333 e. The first-order valence-corrected chi connectivity index (χ1v) is 11.0. The van der Waals surface area contributed by atoms with Gasteiger partial charge in [-0.25, -0.2) is 18.7 Å². The van der Waals surface area contributed by atoms with Gasteiger partial charge < -0.3 is 9.84 Å². The summed E-state index contributed by atoms with van der Waals surface area (Å²) < 4.78 is 37.3. The number of nitrogens with zero attached hydrogens (tertiary/aromatic N) is 7. The Balaban J connectivity index is 1.46. The van der Waals surface area contributed by atoms with Gasteiger partial charge in [0.05, 0.1) is 7.11 Å². The van der Waals surface area contributed by atoms with Crippen LogP contribution in [0.3, 0.4) is 0 Å². The second-order valence-electron chi connectivity index (χ2n) is 8.43. The van der Waals surface area contributed by atoms with E-state index in [9.17, 15) is 13.9 Å². The first-order valence-electron chi connectivity index (χ1n) is 11.0. The van der Waals surface area contributed by atoms with Gasteiger partial charge in [-0.1, -0.05) is 6.07 Å². The van der Waals surface area contributed by atoms with Crippen molar-refractivity contribution in [2.75, 3.05) is 13.7 Å². The number of aromatic nitrogens is 8. The Kier molecular flexibility index (Phi) is 5.94. The largest absolute Gasteiger partial charge is 0.480 e. The summed E-state index contributed by atoms with van der Waals surface area (Å²) in [6.07, 6.45) is 5.98. The Morgan fingerprint density at radius 1 is 1.31 bits per heavy atom. The molecule has 4 aromatic rings. The van der Waals surface area contributed by atoms with E-state index in [2.05, 4.69) is 25.1 Å². The fourth-order valence-corrected chi connectivity index (χ4v) is 4.48. The van der Waals surface area contributed by atoms with Crippen molar-refractivity contribution in [3.05, 3.63) is 66.4 Å². The van der Waals surface area contributed by atoms with Gasteiger partial charge in [-0.05, 0) is 23.0 Å². The Morgan fingerprint density at radius 2 is 2.17 bits per heavy atom. The number of fused-ring (bicyclic) bond motifs is 1. The van der Waals surface area contributed by atoms with E-state index in [1.807, 2.05) is 16.5 Å². The number of methoxy groups -OCH3 is 1. The molecule has 5 rings (SSSR count). The highest BCUT2D eigenvalue weighted by Crippen LogP contribution is 2.33. The van der Waals surface area contributed by atoms with Crippen LogP contribution in [0.1, 0.15) is 18.3 Å². The van der Waals surface area contributed by atoms with Crippen molar-refractivity contribution >= 4 is 0 Å². The summed E-state index contributed by atoms with van der Waals surface area (Å²) in [5, 5.41) is 18.0. The lowest BCUT2D eigenvalue weighted by Gasteiger charge is -2.40. The standard InChI is InChI=1S/C22H23F2N9O2/c1-14(22(34,10-32-13-26-12-28-32)17-4-3-15(23)7-18(17)24)31-5-6-33-19(9-31)29-20(30-33)16-8-25-11-27-21(16)35-2/h3-4,7-8,11-14,34H,5-6,9-10H2,1-2H3/p+2/t14-,22-/m1/s1. The van der Waals surface area contributed by atoms with Gasteiger partial charge in [0, 0.05) is 30.4 Å². The Hall–Kier alpha value is -3.84. The number of rotatable bonds is 7. The summed E-state index contributed by atoms with van der Waals surface area (Å²) in [4.78, 5) is 18.9. The van der Waals surface area contributed by atoms with E-state index >= 15 is 0 Å². The molecule has 1 aliphatic rings. The van der Waals surface area contributed by atoms with Crippen LogP contribution >= 0.6 is 0 Å². The van der Waals surface area contributed by atoms with E-state index in [-0.39, 0.29) is 12.1 Å². The van der Waals surface area contributed by atoms with Crippen LogP contribution in [0.5, 0.6) is 5.88 Å². The molecule has 1 aromatic carbocycles. The third kappa shape index (κ3) is 4.23. The van der Waals surface area contributed by atoms with Crippen LogP contribution in [0.4, 0.5) is 8.78 Å². The topological polar surface area (TPSA) is 124 Å². The van der Waals surface area contributed by atoms with Gasteiger partial charge in [0.2, 0.25) is 12.2 Å². The molecular formula is C22H25F2N9O2+2. The van der Waals surface area contributed by atoms with Crippen molar-refractivity contribution < 1.29 is 28.0 Å². The van der Waals surface area contributed by atoms with Crippen molar-refractivity contribution in [2.24, 2.45) is 0 Å². The van der Waals surface area contributed by atoms with Crippen LogP contribution in [-0.4, -0.2) is 59.8 Å². The van der Waals surface area contributed by atoms with Gasteiger partial charge in [0.1, 0.15) is 48.8 Å². The molecule has 0 unspecified atom stereocenters. The molecule has 0 bridgehead atoms. The van der Waals surface area contributed by atoms with E-state index in [0.29, 0.717) is 36.9 Å². The number of hydrogen-bond acceptors (Lipinski definition) is 7. The van der Waals surface area contributed by atoms with Gasteiger partial charge in [0.15, 0.2) is 0 Å². The molecule has 0 aliphatic carbocycles. The molecule has 3 aromatic heterocycles. The first-order chi connectivity index (χ1) is 16.9. The number of nitrogens with one attached hydrogen (secondary N) is 2. The number of H-pyrrole nitrogens is 2. The highest BCUT2D eigenvalue weighted by atomic mass is 19.1. The zero-order chi connectivity index (χ0) is 24.6. The summed E-state index contributed by atoms with van der Waals surface area (Å²) in [7, 11) is 1.53. The zero-order valence-corrected chi connectivity index (χ0v) is 19.2. The average Bonchev–Trinajstić information content (AvgIpc) is 3.52. The van der Waals surface area contributed by atoms with E-state index in [1.165, 1.54) is 32.2 Å². The van der Waals surface area contributed by atoms with Crippen molar-refractivity contribution in [1.29, 1.82) is 0 Å². The normalized spacial score (nSPS) is 16.5. The Bertz CT molecular complexity index is 1330. The second-order valence-corrected chi connectivity index (χ2v) is 8.43. The number of aliphatic hydroxyl groups is 1. The number of aromatic amines is 2. The molecule has 0 amide bonds. The molecule has 0 saturated heterocycles. The van der Waals surface area contributed by atoms with E-state index in [4.69, 9.17) is 9.72 Å². The minimum Gasteiger partial charge on any atom is -0.480 e. The molecule has 0 saturated carbocycles. The SMILES string of the molecule is COc1ncncc1-c1nc2[n+]([nH]1)CCN([C@H](C)[C@](O)(C[n+]1cnc[nH]1)c1ccc(F)cc1F)C2. The first kappa shape index (κ1) is 22.9. The molecule has 182 valence electrons. The lowest BCUT2D eigenvalue weighted by atomic mass is 9.85. The van der Waals surface area contributed by atoms with Crippen LogP contribution in [0.25, 0.3) is 11.4 Å². The summed E-state index contributed by atoms with van der Waals surface area (Å²) >= 11 is 0. The molecular weight excluding hydrogens is 460 g/mol. The summed E-state index contributed by atoms with van der Waals surface area (Å²) in [5.41, 5.74) is -1.08. The average molecular weight is 485 g/mol. The van der Waals surface area contributed by atoms with Gasteiger partial charge in [-0.3, -0.25) is 4.90 Å². The predicted octanol–water partition coefficient (Wildman–Crippen LogP) is 0.244. The highest BCUT2D eigenvalue weighted by Gasteiger charge is 2.45. The fraction of sp³-hybridized carbons (Fsp3) is 0.364. The third-order valence-electron chi connectivity index (χ3n) is 6.42. The van der Waals surface area contributed by atoms with Crippen molar-refractivity contribution in [3.8, 4) is 17.3 Å². The quantitative estimate of drug-likeness (QED) is 0.321. The monoisotopic (exact) mass is 485 g/mol. The zero-order valence-electron chi connectivity index (χ0n) is 19.2. The van der Waals surface area contributed by atoms with Crippen LogP contribution in [0.2, 0.25) is 0 Å². The maximum Gasteiger partial charge on any atom is 0.333 e.